The molecule has 0 aliphatic carbocycles. The number of thiazole rings is 1. The molecule has 1 aliphatic heterocycles. The summed E-state index contributed by atoms with van der Waals surface area (Å²) >= 11 is 1.69. The van der Waals surface area contributed by atoms with Gasteiger partial charge in [0.2, 0.25) is 0 Å². The van der Waals surface area contributed by atoms with Crippen molar-refractivity contribution >= 4 is 11.3 Å². The normalized spacial score (nSPS) is 21.7. The zero-order valence-electron chi connectivity index (χ0n) is 9.28. The molecule has 0 aromatic carbocycles. The number of nitrogens with zero attached hydrogens (tertiary/aromatic N) is 2. The maximum Gasteiger partial charge on any atom is 0.113 e. The van der Waals surface area contributed by atoms with Crippen LogP contribution in [0.4, 0.5) is 0 Å². The van der Waals surface area contributed by atoms with Crippen molar-refractivity contribution in [2.75, 3.05) is 19.6 Å². The molecular formula is C11H19N3S. The Morgan fingerprint density at radius 1 is 1.53 bits per heavy atom. The van der Waals surface area contributed by atoms with Gasteiger partial charge < -0.3 is 10.6 Å². The van der Waals surface area contributed by atoms with Crippen LogP contribution in [-0.4, -0.2) is 29.5 Å². The van der Waals surface area contributed by atoms with Crippen LogP contribution in [0.1, 0.15) is 31.2 Å². The first-order valence-corrected chi connectivity index (χ1v) is 6.54. The number of piperidine rings is 1. The van der Waals surface area contributed by atoms with Gasteiger partial charge in [0.05, 0.1) is 5.54 Å². The van der Waals surface area contributed by atoms with E-state index in [0.29, 0.717) is 0 Å². The molecule has 3 nitrogen and oxygen atoms in total. The van der Waals surface area contributed by atoms with Crippen molar-refractivity contribution < 1.29 is 0 Å². The van der Waals surface area contributed by atoms with Crippen LogP contribution in [0.2, 0.25) is 0 Å². The van der Waals surface area contributed by atoms with Crippen molar-refractivity contribution in [1.29, 1.82) is 0 Å². The number of aromatic nitrogens is 1. The number of hydrogen-bond donors (Lipinski definition) is 1. The molecule has 84 valence electrons. The standard InChI is InChI=1S/C11H19N3S/c1-2-6-14-7-3-11(12,4-8-14)10-13-5-9-15-10/h5,9H,2-4,6-8,12H2,1H3. The first-order chi connectivity index (χ1) is 7.24. The molecule has 2 rings (SSSR count). The Hall–Kier alpha value is -0.450. The molecule has 2 N–H and O–H groups in total. The van der Waals surface area contributed by atoms with Gasteiger partial charge in [-0.1, -0.05) is 6.92 Å². The summed E-state index contributed by atoms with van der Waals surface area (Å²) in [6.45, 7) is 5.66. The SMILES string of the molecule is CCCN1CCC(N)(c2nccs2)CC1. The van der Waals surface area contributed by atoms with E-state index in [1.54, 1.807) is 11.3 Å². The predicted molar refractivity (Wildman–Crippen MR) is 63.9 cm³/mol. The van der Waals surface area contributed by atoms with E-state index in [2.05, 4.69) is 16.8 Å². The fourth-order valence-electron chi connectivity index (χ4n) is 2.18. The van der Waals surface area contributed by atoms with Gasteiger partial charge in [-0.15, -0.1) is 11.3 Å². The quantitative estimate of drug-likeness (QED) is 0.853. The average molecular weight is 225 g/mol. The Morgan fingerprint density at radius 3 is 2.80 bits per heavy atom. The molecule has 0 bridgehead atoms. The maximum absolute atomic E-state index is 6.40. The summed E-state index contributed by atoms with van der Waals surface area (Å²) in [6, 6.07) is 0. The molecule has 15 heavy (non-hydrogen) atoms. The lowest BCUT2D eigenvalue weighted by Crippen LogP contribution is -2.48. The molecule has 0 spiro atoms. The summed E-state index contributed by atoms with van der Waals surface area (Å²) < 4.78 is 0. The fourth-order valence-corrected chi connectivity index (χ4v) is 2.99. The summed E-state index contributed by atoms with van der Waals surface area (Å²) in [7, 11) is 0. The van der Waals surface area contributed by atoms with E-state index in [4.69, 9.17) is 5.73 Å². The summed E-state index contributed by atoms with van der Waals surface area (Å²) in [6.07, 6.45) is 5.17. The highest BCUT2D eigenvalue weighted by Gasteiger charge is 2.33. The van der Waals surface area contributed by atoms with Gasteiger partial charge in [0.1, 0.15) is 5.01 Å². The molecule has 0 unspecified atom stereocenters. The second kappa shape index (κ2) is 4.60. The summed E-state index contributed by atoms with van der Waals surface area (Å²) in [5.74, 6) is 0. The van der Waals surface area contributed by atoms with Gasteiger partial charge in [-0.2, -0.15) is 0 Å². The van der Waals surface area contributed by atoms with Crippen molar-refractivity contribution in [2.24, 2.45) is 5.73 Å². The number of rotatable bonds is 3. The van der Waals surface area contributed by atoms with E-state index in [0.717, 1.165) is 30.9 Å². The van der Waals surface area contributed by atoms with Crippen molar-refractivity contribution in [3.05, 3.63) is 16.6 Å². The van der Waals surface area contributed by atoms with Gasteiger partial charge in [-0.3, -0.25) is 0 Å². The minimum absolute atomic E-state index is 0.154. The van der Waals surface area contributed by atoms with Crippen molar-refractivity contribution in [3.63, 3.8) is 0 Å². The van der Waals surface area contributed by atoms with Crippen LogP contribution in [0.5, 0.6) is 0 Å². The van der Waals surface area contributed by atoms with Crippen LogP contribution >= 0.6 is 11.3 Å². The summed E-state index contributed by atoms with van der Waals surface area (Å²) in [4.78, 5) is 6.86. The maximum atomic E-state index is 6.40. The lowest BCUT2D eigenvalue weighted by atomic mass is 9.89. The second-order valence-electron chi connectivity index (χ2n) is 4.34. The van der Waals surface area contributed by atoms with E-state index >= 15 is 0 Å². The fraction of sp³-hybridized carbons (Fsp3) is 0.727. The number of likely N-dealkylation sites (tertiary alicyclic amines) is 1. The minimum atomic E-state index is -0.154. The van der Waals surface area contributed by atoms with Crippen molar-refractivity contribution in [3.8, 4) is 0 Å². The van der Waals surface area contributed by atoms with Crippen molar-refractivity contribution in [2.45, 2.75) is 31.7 Å². The largest absolute Gasteiger partial charge is 0.319 e. The van der Waals surface area contributed by atoms with E-state index < -0.39 is 0 Å². The van der Waals surface area contributed by atoms with E-state index in [1.807, 2.05) is 11.6 Å². The Balaban J connectivity index is 1.97. The van der Waals surface area contributed by atoms with Gasteiger partial charge in [0.25, 0.3) is 0 Å². The molecule has 0 amide bonds. The molecule has 0 saturated carbocycles. The van der Waals surface area contributed by atoms with Crippen LogP contribution in [-0.2, 0) is 5.54 Å². The van der Waals surface area contributed by atoms with E-state index in [1.165, 1.54) is 13.0 Å². The second-order valence-corrected chi connectivity index (χ2v) is 5.23. The third-order valence-electron chi connectivity index (χ3n) is 3.15. The van der Waals surface area contributed by atoms with E-state index in [-0.39, 0.29) is 5.54 Å². The minimum Gasteiger partial charge on any atom is -0.319 e. The molecule has 1 aromatic rings. The van der Waals surface area contributed by atoms with Crippen LogP contribution in [0, 0.1) is 0 Å². The Morgan fingerprint density at radius 2 is 2.27 bits per heavy atom. The molecule has 1 fully saturated rings. The monoisotopic (exact) mass is 225 g/mol. The van der Waals surface area contributed by atoms with Gasteiger partial charge >= 0.3 is 0 Å². The first-order valence-electron chi connectivity index (χ1n) is 5.66. The van der Waals surface area contributed by atoms with Crippen LogP contribution in [0.25, 0.3) is 0 Å². The topological polar surface area (TPSA) is 42.1 Å². The van der Waals surface area contributed by atoms with E-state index in [9.17, 15) is 0 Å². The van der Waals surface area contributed by atoms with Crippen LogP contribution in [0.3, 0.4) is 0 Å². The Bertz CT molecular complexity index is 289. The molecule has 0 atom stereocenters. The highest BCUT2D eigenvalue weighted by atomic mass is 32.1. The third-order valence-corrected chi connectivity index (χ3v) is 4.14. The van der Waals surface area contributed by atoms with Gasteiger partial charge in [0, 0.05) is 24.7 Å². The molecule has 1 aliphatic rings. The van der Waals surface area contributed by atoms with Crippen LogP contribution in [0.15, 0.2) is 11.6 Å². The molecule has 0 radical (unpaired) electrons. The molecule has 4 heteroatoms. The predicted octanol–water partition coefficient (Wildman–Crippen LogP) is 1.80. The zero-order valence-corrected chi connectivity index (χ0v) is 10.1. The number of hydrogen-bond acceptors (Lipinski definition) is 4. The smallest absolute Gasteiger partial charge is 0.113 e. The highest BCUT2D eigenvalue weighted by molar-refractivity contribution is 7.09. The molecular weight excluding hydrogens is 206 g/mol. The highest BCUT2D eigenvalue weighted by Crippen LogP contribution is 2.31. The Kier molecular flexibility index (Phi) is 3.38. The first kappa shape index (κ1) is 11.0. The third kappa shape index (κ3) is 2.38. The van der Waals surface area contributed by atoms with Crippen molar-refractivity contribution in [1.82, 2.24) is 9.88 Å². The molecule has 1 saturated heterocycles. The van der Waals surface area contributed by atoms with Gasteiger partial charge in [0.15, 0.2) is 0 Å². The van der Waals surface area contributed by atoms with Gasteiger partial charge in [-0.25, -0.2) is 4.98 Å². The average Bonchev–Trinajstić information content (AvgIpc) is 2.76. The summed E-state index contributed by atoms with van der Waals surface area (Å²) in [5.41, 5.74) is 6.25. The Labute approximate surface area is 95.3 Å². The molecule has 2 heterocycles. The zero-order chi connectivity index (χ0) is 10.7. The summed E-state index contributed by atoms with van der Waals surface area (Å²) in [5, 5.41) is 3.13. The van der Waals surface area contributed by atoms with Gasteiger partial charge in [-0.05, 0) is 25.8 Å². The lowest BCUT2D eigenvalue weighted by Gasteiger charge is -2.37. The van der Waals surface area contributed by atoms with Crippen LogP contribution < -0.4 is 5.73 Å². The number of nitrogens with two attached hydrogens (primary N) is 1. The lowest BCUT2D eigenvalue weighted by molar-refractivity contribution is 0.162. The molecule has 1 aromatic heterocycles.